The van der Waals surface area contributed by atoms with Crippen molar-refractivity contribution in [2.75, 3.05) is 0 Å². The van der Waals surface area contributed by atoms with Gasteiger partial charge in [-0.25, -0.2) is 9.97 Å². The molecule has 0 aliphatic heterocycles. The summed E-state index contributed by atoms with van der Waals surface area (Å²) < 4.78 is 0. The molecule has 20 heavy (non-hydrogen) atoms. The molecule has 96 valence electrons. The van der Waals surface area contributed by atoms with Crippen molar-refractivity contribution in [2.45, 2.75) is 13.3 Å². The van der Waals surface area contributed by atoms with E-state index in [0.29, 0.717) is 11.4 Å². The van der Waals surface area contributed by atoms with E-state index in [-0.39, 0.29) is 0 Å². The molecule has 0 radical (unpaired) electrons. The Morgan fingerprint density at radius 1 is 1.05 bits per heavy atom. The molecule has 0 fully saturated rings. The van der Waals surface area contributed by atoms with Crippen LogP contribution in [0.5, 0.6) is 0 Å². The van der Waals surface area contributed by atoms with Gasteiger partial charge >= 0.3 is 0 Å². The summed E-state index contributed by atoms with van der Waals surface area (Å²) in [5.74, 6) is 6.36. The standard InChI is InChI=1S/C17H13N3/c1-2-3-4-16-12-19-17(20-13-16)10-9-14-5-7-15(11-18)8-6-14/h3-8,12-13H,2H2,1H3. The molecule has 0 amide bonds. The Bertz CT molecular complexity index is 693. The first kappa shape index (κ1) is 13.5. The van der Waals surface area contributed by atoms with Crippen LogP contribution in [0.3, 0.4) is 0 Å². The zero-order valence-electron chi connectivity index (χ0n) is 11.2. The minimum atomic E-state index is 0.489. The zero-order valence-corrected chi connectivity index (χ0v) is 11.2. The van der Waals surface area contributed by atoms with Crippen LogP contribution in [0.1, 0.15) is 35.9 Å². The number of aromatic nitrogens is 2. The normalized spacial score (nSPS) is 9.80. The molecule has 0 saturated carbocycles. The fourth-order valence-electron chi connectivity index (χ4n) is 1.50. The van der Waals surface area contributed by atoms with Crippen molar-refractivity contribution in [1.82, 2.24) is 9.97 Å². The van der Waals surface area contributed by atoms with Crippen LogP contribution in [0, 0.1) is 23.2 Å². The van der Waals surface area contributed by atoms with Crippen molar-refractivity contribution >= 4 is 6.08 Å². The fraction of sp³-hybridized carbons (Fsp3) is 0.118. The molecular weight excluding hydrogens is 246 g/mol. The summed E-state index contributed by atoms with van der Waals surface area (Å²) in [5, 5.41) is 8.71. The second-order valence-corrected chi connectivity index (χ2v) is 4.09. The highest BCUT2D eigenvalue weighted by molar-refractivity contribution is 5.47. The van der Waals surface area contributed by atoms with E-state index >= 15 is 0 Å². The molecule has 0 bridgehead atoms. The number of hydrogen-bond donors (Lipinski definition) is 0. The number of benzene rings is 1. The molecule has 2 aromatic rings. The topological polar surface area (TPSA) is 49.6 Å². The zero-order chi connectivity index (χ0) is 14.2. The summed E-state index contributed by atoms with van der Waals surface area (Å²) in [7, 11) is 0. The molecule has 0 spiro atoms. The van der Waals surface area contributed by atoms with E-state index in [1.807, 2.05) is 18.2 Å². The van der Waals surface area contributed by atoms with Gasteiger partial charge in [-0.1, -0.05) is 25.0 Å². The van der Waals surface area contributed by atoms with Crippen molar-refractivity contribution < 1.29 is 0 Å². The second kappa shape index (κ2) is 6.87. The highest BCUT2D eigenvalue weighted by Gasteiger charge is 1.92. The van der Waals surface area contributed by atoms with Gasteiger partial charge in [0.15, 0.2) is 0 Å². The van der Waals surface area contributed by atoms with Crippen molar-refractivity contribution in [1.29, 1.82) is 5.26 Å². The van der Waals surface area contributed by atoms with Gasteiger partial charge in [0.2, 0.25) is 5.82 Å². The van der Waals surface area contributed by atoms with Gasteiger partial charge in [-0.15, -0.1) is 0 Å². The van der Waals surface area contributed by atoms with Crippen molar-refractivity contribution in [3.05, 3.63) is 65.2 Å². The Labute approximate surface area is 118 Å². The van der Waals surface area contributed by atoms with E-state index in [1.165, 1.54) is 0 Å². The van der Waals surface area contributed by atoms with Gasteiger partial charge in [0.05, 0.1) is 11.6 Å². The number of nitrogens with zero attached hydrogens (tertiary/aromatic N) is 3. The Morgan fingerprint density at radius 2 is 1.70 bits per heavy atom. The van der Waals surface area contributed by atoms with Crippen LogP contribution in [0.4, 0.5) is 0 Å². The molecule has 0 N–H and O–H groups in total. The maximum absolute atomic E-state index is 8.71. The smallest absolute Gasteiger partial charge is 0.205 e. The molecule has 1 aromatic heterocycles. The molecule has 0 atom stereocenters. The largest absolute Gasteiger partial charge is 0.229 e. The lowest BCUT2D eigenvalue weighted by molar-refractivity contribution is 1.12. The van der Waals surface area contributed by atoms with Crippen LogP contribution in [-0.2, 0) is 0 Å². The molecule has 0 aliphatic carbocycles. The lowest BCUT2D eigenvalue weighted by Gasteiger charge is -1.93. The summed E-state index contributed by atoms with van der Waals surface area (Å²) in [6.45, 7) is 2.08. The molecule has 1 aromatic carbocycles. The molecule has 3 heteroatoms. The first-order valence-corrected chi connectivity index (χ1v) is 6.32. The Balaban J connectivity index is 2.12. The number of nitriles is 1. The predicted molar refractivity (Wildman–Crippen MR) is 78.5 cm³/mol. The third-order valence-corrected chi connectivity index (χ3v) is 2.55. The van der Waals surface area contributed by atoms with E-state index in [9.17, 15) is 0 Å². The SMILES string of the molecule is CCC=Cc1cnc(C#Cc2ccc(C#N)cc2)nc1. The van der Waals surface area contributed by atoms with Gasteiger partial charge in [-0.2, -0.15) is 5.26 Å². The molecule has 3 nitrogen and oxygen atoms in total. The van der Waals surface area contributed by atoms with Crippen LogP contribution in [-0.4, -0.2) is 9.97 Å². The summed E-state index contributed by atoms with van der Waals surface area (Å²) in [6, 6.07) is 9.17. The van der Waals surface area contributed by atoms with Crippen LogP contribution in [0.25, 0.3) is 6.08 Å². The second-order valence-electron chi connectivity index (χ2n) is 4.09. The van der Waals surface area contributed by atoms with E-state index in [0.717, 1.165) is 17.5 Å². The molecule has 0 unspecified atom stereocenters. The minimum absolute atomic E-state index is 0.489. The summed E-state index contributed by atoms with van der Waals surface area (Å²) in [5.41, 5.74) is 2.43. The fourth-order valence-corrected chi connectivity index (χ4v) is 1.50. The lowest BCUT2D eigenvalue weighted by atomic mass is 10.1. The van der Waals surface area contributed by atoms with Crippen LogP contribution in [0.2, 0.25) is 0 Å². The van der Waals surface area contributed by atoms with Crippen molar-refractivity contribution in [3.8, 4) is 17.9 Å². The third-order valence-electron chi connectivity index (χ3n) is 2.55. The summed E-state index contributed by atoms with van der Waals surface area (Å²) in [4.78, 5) is 8.38. The van der Waals surface area contributed by atoms with Gasteiger partial charge in [-0.3, -0.25) is 0 Å². The maximum atomic E-state index is 8.71. The molecule has 0 saturated heterocycles. The van der Waals surface area contributed by atoms with Gasteiger partial charge < -0.3 is 0 Å². The van der Waals surface area contributed by atoms with Crippen molar-refractivity contribution in [2.24, 2.45) is 0 Å². The van der Waals surface area contributed by atoms with Crippen LogP contribution >= 0.6 is 0 Å². The third kappa shape index (κ3) is 3.80. The van der Waals surface area contributed by atoms with E-state index < -0.39 is 0 Å². The summed E-state index contributed by atoms with van der Waals surface area (Å²) in [6.07, 6.45) is 8.53. The minimum Gasteiger partial charge on any atom is -0.229 e. The summed E-state index contributed by atoms with van der Waals surface area (Å²) >= 11 is 0. The van der Waals surface area contributed by atoms with E-state index in [4.69, 9.17) is 5.26 Å². The number of allylic oxidation sites excluding steroid dienone is 1. The predicted octanol–water partition coefficient (Wildman–Crippen LogP) is 3.17. The number of hydrogen-bond acceptors (Lipinski definition) is 3. The van der Waals surface area contributed by atoms with Gasteiger partial charge in [0.25, 0.3) is 0 Å². The first-order valence-electron chi connectivity index (χ1n) is 6.32. The van der Waals surface area contributed by atoms with Gasteiger partial charge in [0, 0.05) is 23.5 Å². The highest BCUT2D eigenvalue weighted by Crippen LogP contribution is 2.02. The van der Waals surface area contributed by atoms with E-state index in [1.54, 1.807) is 24.5 Å². The first-order chi connectivity index (χ1) is 9.81. The quantitative estimate of drug-likeness (QED) is 0.778. The highest BCUT2D eigenvalue weighted by atomic mass is 14.8. The van der Waals surface area contributed by atoms with Crippen molar-refractivity contribution in [3.63, 3.8) is 0 Å². The molecule has 0 aliphatic rings. The Morgan fingerprint density at radius 3 is 2.30 bits per heavy atom. The van der Waals surface area contributed by atoms with Crippen LogP contribution < -0.4 is 0 Å². The van der Waals surface area contributed by atoms with E-state index in [2.05, 4.69) is 40.9 Å². The lowest BCUT2D eigenvalue weighted by Crippen LogP contribution is -1.88. The van der Waals surface area contributed by atoms with Gasteiger partial charge in [0.1, 0.15) is 0 Å². The Hall–Kier alpha value is -2.91. The Kier molecular flexibility index (Phi) is 4.65. The average Bonchev–Trinajstić information content (AvgIpc) is 2.52. The molecule has 1 heterocycles. The van der Waals surface area contributed by atoms with Crippen LogP contribution in [0.15, 0.2) is 42.7 Å². The monoisotopic (exact) mass is 259 g/mol. The number of rotatable bonds is 2. The van der Waals surface area contributed by atoms with Gasteiger partial charge in [-0.05, 0) is 36.6 Å². The molecule has 2 rings (SSSR count). The average molecular weight is 259 g/mol. The maximum Gasteiger partial charge on any atom is 0.205 e. The molecular formula is C17H13N3.